The number of esters is 1. The highest BCUT2D eigenvalue weighted by Gasteiger charge is 2.13. The van der Waals surface area contributed by atoms with Crippen LogP contribution in [0.3, 0.4) is 0 Å². The van der Waals surface area contributed by atoms with E-state index in [-0.39, 0.29) is 23.9 Å². The minimum atomic E-state index is -0.341. The van der Waals surface area contributed by atoms with Gasteiger partial charge in [-0.2, -0.15) is 0 Å². The second kappa shape index (κ2) is 7.63. The molecule has 0 fully saturated rings. The molecule has 0 heterocycles. The molecule has 3 N–H and O–H groups in total. The summed E-state index contributed by atoms with van der Waals surface area (Å²) < 4.78 is 4.78. The number of hydrogen-bond acceptors (Lipinski definition) is 4. The zero-order chi connectivity index (χ0) is 14.3. The average molecular weight is 285 g/mol. The lowest BCUT2D eigenvalue weighted by Crippen LogP contribution is -2.26. The van der Waals surface area contributed by atoms with Gasteiger partial charge in [0.25, 0.3) is 5.91 Å². The summed E-state index contributed by atoms with van der Waals surface area (Å²) in [5.74, 6) is -0.610. The number of carbonyl (C=O) groups is 2. The summed E-state index contributed by atoms with van der Waals surface area (Å²) in [5, 5.41) is 2.98. The minimum absolute atomic E-state index is 0.264. The Kier molecular flexibility index (Phi) is 6.15. The Morgan fingerprint density at radius 3 is 2.79 bits per heavy atom. The van der Waals surface area contributed by atoms with E-state index in [1.54, 1.807) is 25.1 Å². The van der Waals surface area contributed by atoms with Gasteiger partial charge in [0.1, 0.15) is 0 Å². The van der Waals surface area contributed by atoms with Crippen LogP contribution in [0, 0.1) is 0 Å². The summed E-state index contributed by atoms with van der Waals surface area (Å²) >= 11 is 5.91. The standard InChI is InChI=1S/C13H17ClN2O3/c1-2-19-11(17)7-4-8-16-13(18)12-9(14)5-3-6-10(12)15/h3,5-6H,2,4,7-8,15H2,1H3,(H,16,18). The van der Waals surface area contributed by atoms with Crippen LogP contribution < -0.4 is 11.1 Å². The molecule has 19 heavy (non-hydrogen) atoms. The third-order valence-corrected chi connectivity index (χ3v) is 2.74. The maximum atomic E-state index is 11.9. The predicted octanol–water partition coefficient (Wildman–Crippen LogP) is 2.00. The zero-order valence-corrected chi connectivity index (χ0v) is 11.5. The third kappa shape index (κ3) is 4.79. The quantitative estimate of drug-likeness (QED) is 0.475. The number of benzene rings is 1. The van der Waals surface area contributed by atoms with E-state index in [0.29, 0.717) is 30.3 Å². The molecule has 1 aromatic rings. The highest BCUT2D eigenvalue weighted by Crippen LogP contribution is 2.21. The monoisotopic (exact) mass is 284 g/mol. The molecule has 0 radical (unpaired) electrons. The van der Waals surface area contributed by atoms with E-state index < -0.39 is 0 Å². The van der Waals surface area contributed by atoms with Crippen molar-refractivity contribution in [1.29, 1.82) is 0 Å². The van der Waals surface area contributed by atoms with Crippen molar-refractivity contribution in [3.63, 3.8) is 0 Å². The van der Waals surface area contributed by atoms with E-state index in [2.05, 4.69) is 5.32 Å². The second-order valence-corrected chi connectivity index (χ2v) is 4.28. The Morgan fingerprint density at radius 1 is 1.42 bits per heavy atom. The first-order valence-electron chi connectivity index (χ1n) is 6.04. The van der Waals surface area contributed by atoms with Gasteiger partial charge in [0.2, 0.25) is 0 Å². The normalized spacial score (nSPS) is 10.0. The number of carbonyl (C=O) groups excluding carboxylic acids is 2. The van der Waals surface area contributed by atoms with Crippen molar-refractivity contribution in [3.8, 4) is 0 Å². The van der Waals surface area contributed by atoms with Gasteiger partial charge >= 0.3 is 5.97 Å². The fourth-order valence-electron chi connectivity index (χ4n) is 1.54. The Morgan fingerprint density at radius 2 is 2.16 bits per heavy atom. The molecular weight excluding hydrogens is 268 g/mol. The maximum Gasteiger partial charge on any atom is 0.305 e. The molecule has 0 unspecified atom stereocenters. The van der Waals surface area contributed by atoms with Crippen LogP contribution in [0.1, 0.15) is 30.1 Å². The fraction of sp³-hybridized carbons (Fsp3) is 0.385. The molecule has 1 aromatic carbocycles. The van der Waals surface area contributed by atoms with Crippen molar-refractivity contribution in [2.75, 3.05) is 18.9 Å². The van der Waals surface area contributed by atoms with Gasteiger partial charge < -0.3 is 15.8 Å². The van der Waals surface area contributed by atoms with Crippen molar-refractivity contribution < 1.29 is 14.3 Å². The Hall–Kier alpha value is -1.75. The molecule has 0 spiro atoms. The summed E-state index contributed by atoms with van der Waals surface area (Å²) in [6.45, 7) is 2.48. The van der Waals surface area contributed by atoms with Gasteiger partial charge in [0.05, 0.1) is 17.2 Å². The molecule has 0 atom stereocenters. The van der Waals surface area contributed by atoms with Gasteiger partial charge in [-0.15, -0.1) is 0 Å². The predicted molar refractivity (Wildman–Crippen MR) is 74.1 cm³/mol. The van der Waals surface area contributed by atoms with E-state index in [0.717, 1.165) is 0 Å². The molecule has 0 saturated heterocycles. The maximum absolute atomic E-state index is 11.9. The lowest BCUT2D eigenvalue weighted by Gasteiger charge is -2.08. The molecule has 0 aliphatic heterocycles. The highest BCUT2D eigenvalue weighted by atomic mass is 35.5. The van der Waals surface area contributed by atoms with Gasteiger partial charge in [-0.1, -0.05) is 17.7 Å². The molecule has 5 nitrogen and oxygen atoms in total. The number of halogens is 1. The third-order valence-electron chi connectivity index (χ3n) is 2.42. The summed E-state index contributed by atoms with van der Waals surface area (Å²) in [6, 6.07) is 4.89. The van der Waals surface area contributed by atoms with Crippen LogP contribution >= 0.6 is 11.6 Å². The molecule has 6 heteroatoms. The van der Waals surface area contributed by atoms with E-state index in [4.69, 9.17) is 22.1 Å². The van der Waals surface area contributed by atoms with E-state index in [1.807, 2.05) is 0 Å². The number of nitrogens with two attached hydrogens (primary N) is 1. The van der Waals surface area contributed by atoms with Crippen molar-refractivity contribution in [3.05, 3.63) is 28.8 Å². The number of nitrogen functional groups attached to an aromatic ring is 1. The number of ether oxygens (including phenoxy) is 1. The van der Waals surface area contributed by atoms with Gasteiger partial charge in [0, 0.05) is 18.7 Å². The van der Waals surface area contributed by atoms with Gasteiger partial charge in [0.15, 0.2) is 0 Å². The topological polar surface area (TPSA) is 81.4 Å². The van der Waals surface area contributed by atoms with Crippen molar-refractivity contribution in [2.45, 2.75) is 19.8 Å². The first kappa shape index (κ1) is 15.3. The van der Waals surface area contributed by atoms with Crippen LogP contribution in [0.15, 0.2) is 18.2 Å². The second-order valence-electron chi connectivity index (χ2n) is 3.87. The van der Waals surface area contributed by atoms with Crippen molar-refractivity contribution in [2.24, 2.45) is 0 Å². The summed E-state index contributed by atoms with van der Waals surface area (Å²) in [6.07, 6.45) is 0.779. The minimum Gasteiger partial charge on any atom is -0.466 e. The van der Waals surface area contributed by atoms with Gasteiger partial charge in [-0.05, 0) is 25.5 Å². The number of nitrogens with one attached hydrogen (secondary N) is 1. The SMILES string of the molecule is CCOC(=O)CCCNC(=O)c1c(N)cccc1Cl. The van der Waals surface area contributed by atoms with Gasteiger partial charge in [-0.3, -0.25) is 9.59 Å². The first-order valence-corrected chi connectivity index (χ1v) is 6.41. The zero-order valence-electron chi connectivity index (χ0n) is 10.7. The van der Waals surface area contributed by atoms with Crippen LogP contribution in [0.5, 0.6) is 0 Å². The number of anilines is 1. The molecule has 0 aromatic heterocycles. The lowest BCUT2D eigenvalue weighted by molar-refractivity contribution is -0.143. The van der Waals surface area contributed by atoms with Crippen LogP contribution in [-0.4, -0.2) is 25.0 Å². The molecule has 104 valence electrons. The van der Waals surface area contributed by atoms with E-state index in [1.165, 1.54) is 0 Å². The van der Waals surface area contributed by atoms with E-state index >= 15 is 0 Å². The van der Waals surface area contributed by atoms with Crippen molar-refractivity contribution in [1.82, 2.24) is 5.32 Å². The van der Waals surface area contributed by atoms with Crippen LogP contribution in [-0.2, 0) is 9.53 Å². The van der Waals surface area contributed by atoms with E-state index in [9.17, 15) is 9.59 Å². The largest absolute Gasteiger partial charge is 0.466 e. The molecule has 0 saturated carbocycles. The first-order chi connectivity index (χ1) is 9.06. The average Bonchev–Trinajstić information content (AvgIpc) is 2.35. The summed E-state index contributed by atoms with van der Waals surface area (Å²) in [4.78, 5) is 23.0. The molecule has 0 bridgehead atoms. The lowest BCUT2D eigenvalue weighted by atomic mass is 10.1. The molecule has 1 amide bonds. The molecule has 0 aliphatic rings. The molecule has 0 aliphatic carbocycles. The smallest absolute Gasteiger partial charge is 0.305 e. The Labute approximate surface area is 117 Å². The van der Waals surface area contributed by atoms with Gasteiger partial charge in [-0.25, -0.2) is 0 Å². The number of hydrogen-bond donors (Lipinski definition) is 2. The fourth-order valence-corrected chi connectivity index (χ4v) is 1.80. The Bertz CT molecular complexity index is 443. The van der Waals surface area contributed by atoms with Crippen LogP contribution in [0.25, 0.3) is 0 Å². The molecule has 1 rings (SSSR count). The van der Waals surface area contributed by atoms with Crippen LogP contribution in [0.4, 0.5) is 5.69 Å². The number of amides is 1. The summed E-state index contributed by atoms with van der Waals surface area (Å²) in [7, 11) is 0. The summed E-state index contributed by atoms with van der Waals surface area (Å²) in [5.41, 5.74) is 6.29. The number of rotatable bonds is 6. The van der Waals surface area contributed by atoms with Crippen molar-refractivity contribution >= 4 is 29.2 Å². The Balaban J connectivity index is 2.42. The highest BCUT2D eigenvalue weighted by molar-refractivity contribution is 6.34. The molecular formula is C13H17ClN2O3. The van der Waals surface area contributed by atoms with Crippen LogP contribution in [0.2, 0.25) is 5.02 Å².